The fourth-order valence-corrected chi connectivity index (χ4v) is 2.16. The van der Waals surface area contributed by atoms with E-state index < -0.39 is 0 Å². The lowest BCUT2D eigenvalue weighted by atomic mass is 10.3. The number of hydrogen-bond donors (Lipinski definition) is 3. The number of rotatable bonds is 6. The van der Waals surface area contributed by atoms with Crippen LogP contribution in [0.15, 0.2) is 17.3 Å². The molecule has 0 amide bonds. The molecule has 0 bridgehead atoms. The molecular weight excluding hydrogens is 234 g/mol. The van der Waals surface area contributed by atoms with Gasteiger partial charge in [0.05, 0.1) is 4.34 Å². The van der Waals surface area contributed by atoms with Crippen molar-refractivity contribution in [2.45, 2.75) is 19.4 Å². The normalized spacial score (nSPS) is 11.9. The van der Waals surface area contributed by atoms with E-state index >= 15 is 0 Å². The van der Waals surface area contributed by atoms with Gasteiger partial charge < -0.3 is 16.3 Å². The number of thiophene rings is 1. The zero-order valence-corrected chi connectivity index (χ0v) is 9.81. The Labute approximate surface area is 97.7 Å². The van der Waals surface area contributed by atoms with Crippen molar-refractivity contribution in [2.75, 3.05) is 6.54 Å². The van der Waals surface area contributed by atoms with Crippen molar-refractivity contribution >= 4 is 28.8 Å². The summed E-state index contributed by atoms with van der Waals surface area (Å²) in [5.41, 5.74) is 5.33. The van der Waals surface area contributed by atoms with Crippen LogP contribution in [0.3, 0.4) is 0 Å². The van der Waals surface area contributed by atoms with Crippen LogP contribution in [0.5, 0.6) is 0 Å². The molecule has 1 aromatic heterocycles. The molecule has 1 heterocycles. The lowest BCUT2D eigenvalue weighted by molar-refractivity contribution is 0.316. The van der Waals surface area contributed by atoms with E-state index in [4.69, 9.17) is 22.5 Å². The summed E-state index contributed by atoms with van der Waals surface area (Å²) in [7, 11) is 0. The standard InChI is InChI=1S/C9H14ClN3OS/c10-8-4-3-7(15-8)6-12-5-1-2-9(11)13-14/h3-4,12,14H,1-2,5-6H2,(H2,11,13). The molecule has 0 saturated heterocycles. The number of halogens is 1. The molecule has 0 aliphatic heterocycles. The van der Waals surface area contributed by atoms with E-state index in [0.717, 1.165) is 23.8 Å². The van der Waals surface area contributed by atoms with E-state index in [-0.39, 0.29) is 5.84 Å². The third-order valence-electron chi connectivity index (χ3n) is 1.84. The summed E-state index contributed by atoms with van der Waals surface area (Å²) < 4.78 is 0.809. The molecule has 0 aromatic carbocycles. The summed E-state index contributed by atoms with van der Waals surface area (Å²) in [6, 6.07) is 3.89. The van der Waals surface area contributed by atoms with Gasteiger partial charge in [0.25, 0.3) is 0 Å². The van der Waals surface area contributed by atoms with Gasteiger partial charge in [-0.3, -0.25) is 0 Å². The molecule has 0 aliphatic rings. The van der Waals surface area contributed by atoms with Crippen molar-refractivity contribution in [1.82, 2.24) is 5.32 Å². The highest BCUT2D eigenvalue weighted by Crippen LogP contribution is 2.20. The fourth-order valence-electron chi connectivity index (χ4n) is 1.10. The average molecular weight is 248 g/mol. The number of nitrogens with one attached hydrogen (secondary N) is 1. The summed E-state index contributed by atoms with van der Waals surface area (Å²) in [4.78, 5) is 1.21. The molecule has 0 fully saturated rings. The molecule has 15 heavy (non-hydrogen) atoms. The molecule has 0 aliphatic carbocycles. The Kier molecular flexibility index (Phi) is 5.45. The Morgan fingerprint density at radius 2 is 2.40 bits per heavy atom. The molecule has 4 N–H and O–H groups in total. The lowest BCUT2D eigenvalue weighted by Gasteiger charge is -2.01. The highest BCUT2D eigenvalue weighted by molar-refractivity contribution is 7.16. The summed E-state index contributed by atoms with van der Waals surface area (Å²) >= 11 is 7.36. The predicted octanol–water partition coefficient (Wildman–Crippen LogP) is 2.02. The van der Waals surface area contributed by atoms with Gasteiger partial charge in [-0.15, -0.1) is 11.3 Å². The Hall–Kier alpha value is -0.780. The number of nitrogens with two attached hydrogens (primary N) is 1. The number of amidine groups is 1. The SMILES string of the molecule is NC(CCCNCc1ccc(Cl)s1)=NO. The molecule has 84 valence electrons. The summed E-state index contributed by atoms with van der Waals surface area (Å²) in [6.07, 6.45) is 1.46. The van der Waals surface area contributed by atoms with Gasteiger partial charge in [0.1, 0.15) is 5.84 Å². The molecule has 1 aromatic rings. The second kappa shape index (κ2) is 6.66. The fraction of sp³-hybridized carbons (Fsp3) is 0.444. The third-order valence-corrected chi connectivity index (χ3v) is 3.07. The summed E-state index contributed by atoms with van der Waals surface area (Å²) in [5.74, 6) is 0.274. The minimum Gasteiger partial charge on any atom is -0.409 e. The van der Waals surface area contributed by atoms with Crippen molar-refractivity contribution < 1.29 is 5.21 Å². The Morgan fingerprint density at radius 3 is 3.00 bits per heavy atom. The zero-order valence-electron chi connectivity index (χ0n) is 8.24. The van der Waals surface area contributed by atoms with E-state index in [2.05, 4.69) is 10.5 Å². The van der Waals surface area contributed by atoms with E-state index in [1.165, 1.54) is 4.88 Å². The van der Waals surface area contributed by atoms with Gasteiger partial charge in [0, 0.05) is 17.8 Å². The Balaban J connectivity index is 2.07. The van der Waals surface area contributed by atoms with Crippen molar-refractivity contribution in [2.24, 2.45) is 10.9 Å². The molecule has 6 heteroatoms. The molecule has 0 saturated carbocycles. The lowest BCUT2D eigenvalue weighted by Crippen LogP contribution is -2.18. The van der Waals surface area contributed by atoms with Crippen molar-refractivity contribution in [3.8, 4) is 0 Å². The maximum Gasteiger partial charge on any atom is 0.139 e. The first kappa shape index (κ1) is 12.3. The highest BCUT2D eigenvalue weighted by Gasteiger charge is 1.97. The maximum absolute atomic E-state index is 8.30. The van der Waals surface area contributed by atoms with Crippen LogP contribution in [0, 0.1) is 0 Å². The third kappa shape index (κ3) is 5.01. The topological polar surface area (TPSA) is 70.6 Å². The quantitative estimate of drug-likeness (QED) is 0.237. The van der Waals surface area contributed by atoms with Crippen LogP contribution in [-0.4, -0.2) is 17.6 Å². The van der Waals surface area contributed by atoms with Crippen molar-refractivity contribution in [1.29, 1.82) is 0 Å². The zero-order chi connectivity index (χ0) is 11.1. The second-order valence-electron chi connectivity index (χ2n) is 3.08. The molecule has 4 nitrogen and oxygen atoms in total. The van der Waals surface area contributed by atoms with Crippen LogP contribution in [0.2, 0.25) is 4.34 Å². The first-order valence-corrected chi connectivity index (χ1v) is 5.83. The summed E-state index contributed by atoms with van der Waals surface area (Å²) in [6.45, 7) is 1.65. The van der Waals surface area contributed by atoms with Crippen LogP contribution < -0.4 is 11.1 Å². The van der Waals surface area contributed by atoms with E-state index in [1.807, 2.05) is 12.1 Å². The van der Waals surface area contributed by atoms with E-state index in [1.54, 1.807) is 11.3 Å². The van der Waals surface area contributed by atoms with Gasteiger partial charge in [0.2, 0.25) is 0 Å². The first-order valence-electron chi connectivity index (χ1n) is 4.63. The van der Waals surface area contributed by atoms with Crippen molar-refractivity contribution in [3.63, 3.8) is 0 Å². The Bertz CT molecular complexity index is 327. The van der Waals surface area contributed by atoms with Crippen molar-refractivity contribution in [3.05, 3.63) is 21.3 Å². The second-order valence-corrected chi connectivity index (χ2v) is 4.88. The van der Waals surface area contributed by atoms with Crippen LogP contribution in [0.4, 0.5) is 0 Å². The Morgan fingerprint density at radius 1 is 1.60 bits per heavy atom. The largest absolute Gasteiger partial charge is 0.409 e. The maximum atomic E-state index is 8.30. The highest BCUT2D eigenvalue weighted by atomic mass is 35.5. The number of oxime groups is 1. The van der Waals surface area contributed by atoms with Crippen LogP contribution >= 0.6 is 22.9 Å². The molecule has 0 unspecified atom stereocenters. The molecule has 0 atom stereocenters. The summed E-state index contributed by atoms with van der Waals surface area (Å²) in [5, 5.41) is 14.5. The first-order chi connectivity index (χ1) is 7.22. The molecular formula is C9H14ClN3OS. The minimum absolute atomic E-state index is 0.274. The van der Waals surface area contributed by atoms with Gasteiger partial charge in [-0.05, 0) is 25.1 Å². The smallest absolute Gasteiger partial charge is 0.139 e. The van der Waals surface area contributed by atoms with Gasteiger partial charge in [-0.1, -0.05) is 16.8 Å². The van der Waals surface area contributed by atoms with Crippen LogP contribution in [0.25, 0.3) is 0 Å². The van der Waals surface area contributed by atoms with E-state index in [9.17, 15) is 0 Å². The van der Waals surface area contributed by atoms with Crippen LogP contribution in [-0.2, 0) is 6.54 Å². The minimum atomic E-state index is 0.274. The predicted molar refractivity (Wildman–Crippen MR) is 63.7 cm³/mol. The van der Waals surface area contributed by atoms with E-state index in [0.29, 0.717) is 6.42 Å². The monoisotopic (exact) mass is 247 g/mol. The number of hydrogen-bond acceptors (Lipinski definition) is 4. The molecule has 1 rings (SSSR count). The molecule has 0 radical (unpaired) electrons. The number of nitrogens with zero attached hydrogens (tertiary/aromatic N) is 1. The van der Waals surface area contributed by atoms with Gasteiger partial charge in [-0.2, -0.15) is 0 Å². The average Bonchev–Trinajstić information content (AvgIpc) is 2.63. The van der Waals surface area contributed by atoms with Gasteiger partial charge in [0.15, 0.2) is 0 Å². The van der Waals surface area contributed by atoms with Gasteiger partial charge >= 0.3 is 0 Å². The molecule has 0 spiro atoms. The van der Waals surface area contributed by atoms with Gasteiger partial charge in [-0.25, -0.2) is 0 Å². The van der Waals surface area contributed by atoms with Crippen LogP contribution in [0.1, 0.15) is 17.7 Å².